The third kappa shape index (κ3) is 3.07. The van der Waals surface area contributed by atoms with Gasteiger partial charge in [0.1, 0.15) is 11.3 Å². The molecule has 0 unspecified atom stereocenters. The highest BCUT2D eigenvalue weighted by Crippen LogP contribution is 2.30. The summed E-state index contributed by atoms with van der Waals surface area (Å²) in [6.07, 6.45) is 1.54. The van der Waals surface area contributed by atoms with Gasteiger partial charge in [-0.2, -0.15) is 4.98 Å². The number of benzene rings is 1. The fraction of sp³-hybridized carbons (Fsp3) is 0.412. The van der Waals surface area contributed by atoms with Crippen LogP contribution < -0.4 is 10.1 Å². The summed E-state index contributed by atoms with van der Waals surface area (Å²) in [5.41, 5.74) is -0.465. The number of carbonyl (C=O) groups is 2. The van der Waals surface area contributed by atoms with Crippen LogP contribution in [0.2, 0.25) is 0 Å². The summed E-state index contributed by atoms with van der Waals surface area (Å²) in [4.78, 5) is 30.5. The number of hydrogen-bond donors (Lipinski definition) is 1. The lowest BCUT2D eigenvalue weighted by molar-refractivity contribution is -0.131. The van der Waals surface area contributed by atoms with E-state index in [1.807, 2.05) is 6.92 Å². The van der Waals surface area contributed by atoms with Gasteiger partial charge in [-0.3, -0.25) is 9.69 Å². The first-order valence-corrected chi connectivity index (χ1v) is 8.08. The first-order chi connectivity index (χ1) is 12.0. The number of nitrogens with zero attached hydrogens (tertiary/aromatic N) is 3. The van der Waals surface area contributed by atoms with Crippen LogP contribution in [0.5, 0.6) is 5.75 Å². The van der Waals surface area contributed by atoms with Crippen LogP contribution >= 0.6 is 0 Å². The van der Waals surface area contributed by atoms with Crippen molar-refractivity contribution in [3.63, 3.8) is 0 Å². The molecular formula is C17H20N4O4. The van der Waals surface area contributed by atoms with Gasteiger partial charge < -0.3 is 14.6 Å². The van der Waals surface area contributed by atoms with Crippen LogP contribution in [0.15, 0.2) is 28.8 Å². The fourth-order valence-electron chi connectivity index (χ4n) is 2.77. The highest BCUT2D eigenvalue weighted by atomic mass is 16.5. The largest absolute Gasteiger partial charge is 0.497 e. The number of amides is 3. The van der Waals surface area contributed by atoms with Gasteiger partial charge in [-0.1, -0.05) is 24.2 Å². The molecule has 8 heteroatoms. The molecule has 3 rings (SSSR count). The van der Waals surface area contributed by atoms with Crippen molar-refractivity contribution in [2.24, 2.45) is 0 Å². The van der Waals surface area contributed by atoms with Gasteiger partial charge in [0.15, 0.2) is 5.82 Å². The van der Waals surface area contributed by atoms with Gasteiger partial charge in [0.2, 0.25) is 5.89 Å². The molecule has 1 aromatic carbocycles. The Morgan fingerprint density at radius 2 is 2.00 bits per heavy atom. The molecule has 2 heterocycles. The molecule has 0 spiro atoms. The SMILES string of the molecule is CCCc1nc(CN2C(=O)N[C@](C)(c3ccc(OC)cc3)C2=O)no1. The average Bonchev–Trinajstić information content (AvgIpc) is 3.14. The predicted molar refractivity (Wildman–Crippen MR) is 87.7 cm³/mol. The van der Waals surface area contributed by atoms with Crippen molar-refractivity contribution in [3.8, 4) is 5.75 Å². The van der Waals surface area contributed by atoms with Crippen LogP contribution in [-0.4, -0.2) is 34.1 Å². The minimum Gasteiger partial charge on any atom is -0.497 e. The normalized spacial score (nSPS) is 20.0. The molecule has 0 radical (unpaired) electrons. The molecule has 0 aliphatic carbocycles. The predicted octanol–water partition coefficient (Wildman–Crippen LogP) is 2.00. The number of nitrogens with one attached hydrogen (secondary N) is 1. The van der Waals surface area contributed by atoms with Gasteiger partial charge in [-0.25, -0.2) is 4.79 Å². The minimum atomic E-state index is -1.14. The molecule has 132 valence electrons. The van der Waals surface area contributed by atoms with Gasteiger partial charge in [0.25, 0.3) is 5.91 Å². The van der Waals surface area contributed by atoms with E-state index in [1.54, 1.807) is 38.3 Å². The summed E-state index contributed by atoms with van der Waals surface area (Å²) in [6.45, 7) is 3.65. The van der Waals surface area contributed by atoms with Crippen molar-refractivity contribution in [1.82, 2.24) is 20.4 Å². The third-order valence-electron chi connectivity index (χ3n) is 4.22. The van der Waals surface area contributed by atoms with Gasteiger partial charge in [0, 0.05) is 6.42 Å². The minimum absolute atomic E-state index is 0.0242. The van der Waals surface area contributed by atoms with E-state index in [-0.39, 0.29) is 12.5 Å². The van der Waals surface area contributed by atoms with E-state index >= 15 is 0 Å². The molecule has 1 N–H and O–H groups in total. The topological polar surface area (TPSA) is 97.6 Å². The summed E-state index contributed by atoms with van der Waals surface area (Å²) in [5, 5.41) is 6.58. The Bertz CT molecular complexity index is 786. The standard InChI is InChI=1S/C17H20N4O4/c1-4-5-14-18-13(20-25-14)10-21-15(22)17(2,19-16(21)23)11-6-8-12(24-3)9-7-11/h6-9H,4-5,10H2,1-3H3,(H,19,23)/t17-/m1/s1. The molecular weight excluding hydrogens is 324 g/mol. The first kappa shape index (κ1) is 16.9. The van der Waals surface area contributed by atoms with Gasteiger partial charge in [-0.15, -0.1) is 0 Å². The van der Waals surface area contributed by atoms with Crippen LogP contribution in [0, 0.1) is 0 Å². The highest BCUT2D eigenvalue weighted by molar-refractivity contribution is 6.07. The van der Waals surface area contributed by atoms with Crippen molar-refractivity contribution in [2.75, 3.05) is 7.11 Å². The maximum atomic E-state index is 12.9. The van der Waals surface area contributed by atoms with Crippen molar-refractivity contribution >= 4 is 11.9 Å². The molecule has 0 saturated carbocycles. The van der Waals surface area contributed by atoms with Crippen molar-refractivity contribution in [3.05, 3.63) is 41.5 Å². The maximum absolute atomic E-state index is 12.9. The maximum Gasteiger partial charge on any atom is 0.325 e. The molecule has 1 saturated heterocycles. The zero-order valence-corrected chi connectivity index (χ0v) is 14.4. The van der Waals surface area contributed by atoms with Crippen molar-refractivity contribution in [2.45, 2.75) is 38.8 Å². The number of aryl methyl sites for hydroxylation is 1. The molecule has 25 heavy (non-hydrogen) atoms. The molecule has 1 aliphatic heterocycles. The summed E-state index contributed by atoms with van der Waals surface area (Å²) >= 11 is 0. The van der Waals surface area contributed by atoms with E-state index in [0.29, 0.717) is 29.4 Å². The van der Waals surface area contributed by atoms with E-state index < -0.39 is 11.6 Å². The molecule has 0 bridgehead atoms. The van der Waals surface area contributed by atoms with Crippen molar-refractivity contribution in [1.29, 1.82) is 0 Å². The Morgan fingerprint density at radius 3 is 2.64 bits per heavy atom. The Hall–Kier alpha value is -2.90. The molecule has 1 aliphatic rings. The molecule has 8 nitrogen and oxygen atoms in total. The number of ether oxygens (including phenoxy) is 1. The van der Waals surface area contributed by atoms with E-state index in [2.05, 4.69) is 15.5 Å². The summed E-state index contributed by atoms with van der Waals surface area (Å²) < 4.78 is 10.2. The van der Waals surface area contributed by atoms with Crippen molar-refractivity contribution < 1.29 is 18.8 Å². The average molecular weight is 344 g/mol. The lowest BCUT2D eigenvalue weighted by atomic mass is 9.92. The van der Waals surface area contributed by atoms with E-state index in [1.165, 1.54) is 0 Å². The summed E-state index contributed by atoms with van der Waals surface area (Å²) in [5.74, 6) is 1.13. The van der Waals surface area contributed by atoms with Crippen LogP contribution in [-0.2, 0) is 23.3 Å². The second-order valence-corrected chi connectivity index (χ2v) is 6.03. The van der Waals surface area contributed by atoms with Gasteiger partial charge in [-0.05, 0) is 31.0 Å². The quantitative estimate of drug-likeness (QED) is 0.805. The third-order valence-corrected chi connectivity index (χ3v) is 4.22. The number of rotatable bonds is 6. The van der Waals surface area contributed by atoms with Crippen LogP contribution in [0.25, 0.3) is 0 Å². The number of imide groups is 1. The second kappa shape index (κ2) is 6.54. The Balaban J connectivity index is 1.80. The molecule has 1 atom stereocenters. The Morgan fingerprint density at radius 1 is 1.28 bits per heavy atom. The van der Waals surface area contributed by atoms with E-state index in [9.17, 15) is 9.59 Å². The lowest BCUT2D eigenvalue weighted by Crippen LogP contribution is -2.40. The number of methoxy groups -OCH3 is 1. The zero-order chi connectivity index (χ0) is 18.0. The highest BCUT2D eigenvalue weighted by Gasteiger charge is 2.49. The van der Waals surface area contributed by atoms with Gasteiger partial charge in [0.05, 0.1) is 13.7 Å². The van der Waals surface area contributed by atoms with Crippen LogP contribution in [0.4, 0.5) is 4.79 Å². The first-order valence-electron chi connectivity index (χ1n) is 8.08. The smallest absolute Gasteiger partial charge is 0.325 e. The van der Waals surface area contributed by atoms with Gasteiger partial charge >= 0.3 is 6.03 Å². The Kier molecular flexibility index (Phi) is 4.43. The molecule has 1 aromatic heterocycles. The lowest BCUT2D eigenvalue weighted by Gasteiger charge is -2.22. The monoisotopic (exact) mass is 344 g/mol. The molecule has 1 fully saturated rings. The van der Waals surface area contributed by atoms with Crippen LogP contribution in [0.1, 0.15) is 37.5 Å². The summed E-state index contributed by atoms with van der Waals surface area (Å²) in [7, 11) is 1.57. The zero-order valence-electron chi connectivity index (χ0n) is 14.4. The fourth-order valence-corrected chi connectivity index (χ4v) is 2.77. The number of hydrogen-bond acceptors (Lipinski definition) is 6. The number of carbonyl (C=O) groups excluding carboxylic acids is 2. The number of urea groups is 1. The Labute approximate surface area is 145 Å². The van der Waals surface area contributed by atoms with Crippen LogP contribution in [0.3, 0.4) is 0 Å². The molecule has 3 amide bonds. The van der Waals surface area contributed by atoms with E-state index in [0.717, 1.165) is 11.3 Å². The molecule has 2 aromatic rings. The summed E-state index contributed by atoms with van der Waals surface area (Å²) in [6, 6.07) is 6.53. The van der Waals surface area contributed by atoms with E-state index in [4.69, 9.17) is 9.26 Å². The second-order valence-electron chi connectivity index (χ2n) is 6.03. The number of aromatic nitrogens is 2.